The second-order valence-corrected chi connectivity index (χ2v) is 3.42. The van der Waals surface area contributed by atoms with Crippen molar-refractivity contribution >= 4 is 17.1 Å². The highest BCUT2D eigenvalue weighted by Gasteiger charge is 2.04. The Bertz CT molecular complexity index is 567. The molecule has 0 unspecified atom stereocenters. The first kappa shape index (κ1) is 10.5. The molecule has 5 heteroatoms. The van der Waals surface area contributed by atoms with Gasteiger partial charge in [-0.05, 0) is 24.1 Å². The first-order valence-electron chi connectivity index (χ1n) is 4.87. The number of esters is 1. The second kappa shape index (κ2) is 4.22. The number of benzene rings is 1. The molecule has 0 aliphatic carbocycles. The molecule has 0 radical (unpaired) electrons. The van der Waals surface area contributed by atoms with Crippen molar-refractivity contribution in [2.45, 2.75) is 12.8 Å². The topological polar surface area (TPSA) is 72.3 Å². The number of hydrogen-bond acceptors (Lipinski definition) is 4. The molecule has 0 aliphatic rings. The van der Waals surface area contributed by atoms with Crippen LogP contribution in [-0.2, 0) is 16.0 Å². The van der Waals surface area contributed by atoms with E-state index < -0.39 is 5.76 Å². The molecule has 0 bridgehead atoms. The maximum atomic E-state index is 11.0. The first-order valence-corrected chi connectivity index (χ1v) is 4.87. The third-order valence-electron chi connectivity index (χ3n) is 2.33. The van der Waals surface area contributed by atoms with Crippen molar-refractivity contribution in [3.8, 4) is 0 Å². The molecule has 0 saturated heterocycles. The van der Waals surface area contributed by atoms with Crippen molar-refractivity contribution in [3.05, 3.63) is 34.3 Å². The normalized spacial score (nSPS) is 10.6. The van der Waals surface area contributed by atoms with Crippen molar-refractivity contribution in [2.24, 2.45) is 0 Å². The second-order valence-electron chi connectivity index (χ2n) is 3.42. The smallest absolute Gasteiger partial charge is 0.417 e. The average molecular weight is 221 g/mol. The minimum Gasteiger partial charge on any atom is -0.469 e. The summed E-state index contributed by atoms with van der Waals surface area (Å²) >= 11 is 0. The molecule has 0 aliphatic heterocycles. The summed E-state index contributed by atoms with van der Waals surface area (Å²) in [6.45, 7) is 0. The van der Waals surface area contributed by atoms with Crippen molar-refractivity contribution in [3.63, 3.8) is 0 Å². The van der Waals surface area contributed by atoms with E-state index >= 15 is 0 Å². The highest BCUT2D eigenvalue weighted by Crippen LogP contribution is 2.13. The number of oxazole rings is 1. The monoisotopic (exact) mass is 221 g/mol. The molecule has 1 N–H and O–H groups in total. The zero-order chi connectivity index (χ0) is 11.5. The van der Waals surface area contributed by atoms with Crippen molar-refractivity contribution in [2.75, 3.05) is 7.11 Å². The van der Waals surface area contributed by atoms with Crippen LogP contribution in [0.15, 0.2) is 27.4 Å². The third-order valence-corrected chi connectivity index (χ3v) is 2.33. The molecular formula is C11H11NO4. The van der Waals surface area contributed by atoms with Crippen LogP contribution >= 0.6 is 0 Å². The molecule has 1 heterocycles. The van der Waals surface area contributed by atoms with Crippen molar-refractivity contribution in [1.29, 1.82) is 0 Å². The average Bonchev–Trinajstić information content (AvgIpc) is 2.65. The number of fused-ring (bicyclic) bond motifs is 1. The molecule has 2 aromatic rings. The van der Waals surface area contributed by atoms with Gasteiger partial charge in [0.25, 0.3) is 0 Å². The zero-order valence-corrected chi connectivity index (χ0v) is 8.78. The van der Waals surface area contributed by atoms with Crippen LogP contribution in [0.1, 0.15) is 12.0 Å². The van der Waals surface area contributed by atoms with Gasteiger partial charge in [-0.25, -0.2) is 4.79 Å². The van der Waals surface area contributed by atoms with Crippen LogP contribution in [0, 0.1) is 0 Å². The fraction of sp³-hybridized carbons (Fsp3) is 0.273. The van der Waals surface area contributed by atoms with E-state index in [0.29, 0.717) is 23.9 Å². The number of rotatable bonds is 3. The van der Waals surface area contributed by atoms with Crippen LogP contribution in [0.5, 0.6) is 0 Å². The highest BCUT2D eigenvalue weighted by atomic mass is 16.5. The van der Waals surface area contributed by atoms with E-state index in [4.69, 9.17) is 4.42 Å². The first-order chi connectivity index (χ1) is 7.69. The summed E-state index contributed by atoms with van der Waals surface area (Å²) in [5.74, 6) is -0.721. The number of carbonyl (C=O) groups is 1. The summed E-state index contributed by atoms with van der Waals surface area (Å²) in [6, 6.07) is 5.32. The third kappa shape index (κ3) is 2.13. The van der Waals surface area contributed by atoms with Gasteiger partial charge in [0, 0.05) is 6.42 Å². The maximum Gasteiger partial charge on any atom is 0.417 e. The Morgan fingerprint density at radius 3 is 3.06 bits per heavy atom. The predicted molar refractivity (Wildman–Crippen MR) is 57.2 cm³/mol. The number of aromatic amines is 1. The highest BCUT2D eigenvalue weighted by molar-refractivity contribution is 5.73. The molecule has 1 aromatic carbocycles. The summed E-state index contributed by atoms with van der Waals surface area (Å²) in [4.78, 5) is 24.4. The summed E-state index contributed by atoms with van der Waals surface area (Å²) in [5.41, 5.74) is 2.12. The number of nitrogens with one attached hydrogen (secondary N) is 1. The lowest BCUT2D eigenvalue weighted by Crippen LogP contribution is -2.01. The number of aromatic nitrogens is 1. The van der Waals surface area contributed by atoms with Gasteiger partial charge in [-0.1, -0.05) is 6.07 Å². The number of carbonyl (C=O) groups excluding carboxylic acids is 1. The SMILES string of the molecule is COC(=O)CCc1ccc2oc(=O)[nH]c2c1. The molecule has 84 valence electrons. The number of H-pyrrole nitrogens is 1. The van der Waals surface area contributed by atoms with E-state index in [-0.39, 0.29) is 5.97 Å². The van der Waals surface area contributed by atoms with Crippen molar-refractivity contribution < 1.29 is 13.9 Å². The van der Waals surface area contributed by atoms with E-state index in [0.717, 1.165) is 5.56 Å². The Balaban J connectivity index is 2.19. The Hall–Kier alpha value is -2.04. The van der Waals surface area contributed by atoms with Gasteiger partial charge in [0.15, 0.2) is 5.58 Å². The van der Waals surface area contributed by atoms with Gasteiger partial charge in [0.1, 0.15) is 0 Å². The lowest BCUT2D eigenvalue weighted by molar-refractivity contribution is -0.140. The number of hydrogen-bond donors (Lipinski definition) is 1. The molecular weight excluding hydrogens is 210 g/mol. The molecule has 16 heavy (non-hydrogen) atoms. The lowest BCUT2D eigenvalue weighted by atomic mass is 10.1. The minimum absolute atomic E-state index is 0.249. The van der Waals surface area contributed by atoms with E-state index in [1.807, 2.05) is 6.07 Å². The van der Waals surface area contributed by atoms with Crippen LogP contribution in [0.4, 0.5) is 0 Å². The Kier molecular flexibility index (Phi) is 2.76. The zero-order valence-electron chi connectivity index (χ0n) is 8.78. The fourth-order valence-electron chi connectivity index (χ4n) is 1.50. The molecule has 0 spiro atoms. The van der Waals surface area contributed by atoms with Crippen LogP contribution < -0.4 is 5.76 Å². The molecule has 2 rings (SSSR count). The molecule has 1 aromatic heterocycles. The van der Waals surface area contributed by atoms with Crippen LogP contribution in [0.3, 0.4) is 0 Å². The van der Waals surface area contributed by atoms with Gasteiger partial charge in [-0.15, -0.1) is 0 Å². The fourth-order valence-corrected chi connectivity index (χ4v) is 1.50. The van der Waals surface area contributed by atoms with Gasteiger partial charge in [0.05, 0.1) is 12.6 Å². The van der Waals surface area contributed by atoms with Gasteiger partial charge in [0.2, 0.25) is 0 Å². The van der Waals surface area contributed by atoms with Gasteiger partial charge < -0.3 is 9.15 Å². The van der Waals surface area contributed by atoms with E-state index in [2.05, 4.69) is 9.72 Å². The Morgan fingerprint density at radius 1 is 1.50 bits per heavy atom. The number of aryl methyl sites for hydroxylation is 1. The molecule has 0 fully saturated rings. The Morgan fingerprint density at radius 2 is 2.31 bits per heavy atom. The van der Waals surface area contributed by atoms with Crippen LogP contribution in [0.25, 0.3) is 11.1 Å². The van der Waals surface area contributed by atoms with Gasteiger partial charge in [-0.2, -0.15) is 0 Å². The molecule has 0 saturated carbocycles. The molecule has 0 amide bonds. The van der Waals surface area contributed by atoms with Gasteiger partial charge >= 0.3 is 11.7 Å². The van der Waals surface area contributed by atoms with E-state index in [1.54, 1.807) is 12.1 Å². The number of ether oxygens (including phenoxy) is 1. The largest absolute Gasteiger partial charge is 0.469 e. The van der Waals surface area contributed by atoms with Crippen molar-refractivity contribution in [1.82, 2.24) is 4.98 Å². The summed E-state index contributed by atoms with van der Waals surface area (Å²) in [5, 5.41) is 0. The Labute approximate surface area is 91.0 Å². The summed E-state index contributed by atoms with van der Waals surface area (Å²) in [7, 11) is 1.36. The van der Waals surface area contributed by atoms with E-state index in [9.17, 15) is 9.59 Å². The molecule has 5 nitrogen and oxygen atoms in total. The van der Waals surface area contributed by atoms with Crippen LogP contribution in [-0.4, -0.2) is 18.1 Å². The van der Waals surface area contributed by atoms with E-state index in [1.165, 1.54) is 7.11 Å². The van der Waals surface area contributed by atoms with Gasteiger partial charge in [-0.3, -0.25) is 9.78 Å². The summed E-state index contributed by atoms with van der Waals surface area (Å²) < 4.78 is 9.42. The summed E-state index contributed by atoms with van der Waals surface area (Å²) in [6.07, 6.45) is 0.903. The standard InChI is InChI=1S/C11H11NO4/c1-15-10(13)5-3-7-2-4-9-8(6-7)12-11(14)16-9/h2,4,6H,3,5H2,1H3,(H,12,14). The van der Waals surface area contributed by atoms with Crippen LogP contribution in [0.2, 0.25) is 0 Å². The predicted octanol–water partition coefficient (Wildman–Crippen LogP) is 1.23. The minimum atomic E-state index is -0.472. The quantitative estimate of drug-likeness (QED) is 0.791. The lowest BCUT2D eigenvalue weighted by Gasteiger charge is -1.99. The molecule has 0 atom stereocenters. The number of methoxy groups -OCH3 is 1. The maximum absolute atomic E-state index is 11.0.